The number of aliphatic hydroxyl groups is 1. The van der Waals surface area contributed by atoms with Crippen LogP contribution in [0.5, 0.6) is 5.75 Å². The highest BCUT2D eigenvalue weighted by atomic mass is 35.5. The Bertz CT molecular complexity index is 1510. The van der Waals surface area contributed by atoms with E-state index in [1.54, 1.807) is 12.1 Å². The molecule has 7 nitrogen and oxygen atoms in total. The number of benzene rings is 3. The highest BCUT2D eigenvalue weighted by Crippen LogP contribution is 2.44. The van der Waals surface area contributed by atoms with Crippen LogP contribution in [0.3, 0.4) is 0 Å². The van der Waals surface area contributed by atoms with Crippen molar-refractivity contribution < 1.29 is 19.4 Å². The number of para-hydroxylation sites is 2. The summed E-state index contributed by atoms with van der Waals surface area (Å²) in [7, 11) is 1.39. The Morgan fingerprint density at radius 2 is 1.86 bits per heavy atom. The van der Waals surface area contributed by atoms with Gasteiger partial charge in [0.25, 0.3) is 5.78 Å². The van der Waals surface area contributed by atoms with Crippen molar-refractivity contribution in [1.29, 1.82) is 0 Å². The first-order chi connectivity index (χ1) is 16.8. The first kappa shape index (κ1) is 23.0. The second kappa shape index (κ2) is 8.76. The Labute approximate surface area is 210 Å². The molecule has 1 atom stereocenters. The molecule has 2 N–H and O–H groups in total. The smallest absolute Gasteiger partial charge is 0.302 e. The molecule has 4 aromatic rings. The molecule has 1 saturated heterocycles. The van der Waals surface area contributed by atoms with E-state index in [-0.39, 0.29) is 32.9 Å². The van der Waals surface area contributed by atoms with Crippen LogP contribution in [-0.2, 0) is 9.59 Å². The van der Waals surface area contributed by atoms with E-state index in [1.807, 2.05) is 43.3 Å². The lowest BCUT2D eigenvalue weighted by molar-refractivity contribution is -0.132. The van der Waals surface area contributed by atoms with Gasteiger partial charge < -0.3 is 14.8 Å². The topological polar surface area (TPSA) is 95.5 Å². The van der Waals surface area contributed by atoms with Crippen molar-refractivity contribution in [3.05, 3.63) is 93.0 Å². The number of carbonyl (C=O) groups excluding carboxylic acids is 2. The molecule has 0 bridgehead atoms. The zero-order valence-electron chi connectivity index (χ0n) is 18.7. The van der Waals surface area contributed by atoms with Crippen molar-refractivity contribution in [3.8, 4) is 5.75 Å². The SMILES string of the molecule is COc1c(Cl)cc(Cl)cc1/C(O)=C1\C(=O)C(=O)N(c2nc3ccccc3[nH]2)C1c1cccc(C)c1. The molecule has 176 valence electrons. The van der Waals surface area contributed by atoms with Crippen molar-refractivity contribution >= 4 is 57.6 Å². The van der Waals surface area contributed by atoms with E-state index < -0.39 is 23.5 Å². The second-order valence-corrected chi connectivity index (χ2v) is 8.97. The molecule has 2 heterocycles. The van der Waals surface area contributed by atoms with Gasteiger partial charge >= 0.3 is 5.91 Å². The molecule has 0 aliphatic carbocycles. The minimum atomic E-state index is -0.960. The van der Waals surface area contributed by atoms with E-state index in [0.717, 1.165) is 5.56 Å². The number of rotatable bonds is 4. The lowest BCUT2D eigenvalue weighted by Gasteiger charge is -2.23. The van der Waals surface area contributed by atoms with E-state index in [0.29, 0.717) is 16.6 Å². The van der Waals surface area contributed by atoms with E-state index in [1.165, 1.54) is 24.1 Å². The van der Waals surface area contributed by atoms with Crippen molar-refractivity contribution in [2.45, 2.75) is 13.0 Å². The maximum absolute atomic E-state index is 13.4. The van der Waals surface area contributed by atoms with Gasteiger partial charge in [-0.15, -0.1) is 0 Å². The van der Waals surface area contributed by atoms with Crippen LogP contribution in [0.25, 0.3) is 16.8 Å². The maximum atomic E-state index is 13.4. The summed E-state index contributed by atoms with van der Waals surface area (Å²) < 4.78 is 5.37. The number of carbonyl (C=O) groups is 2. The van der Waals surface area contributed by atoms with Gasteiger partial charge in [-0.25, -0.2) is 4.98 Å². The predicted octanol–water partition coefficient (Wildman–Crippen LogP) is 5.81. The van der Waals surface area contributed by atoms with Gasteiger partial charge in [-0.05, 0) is 36.8 Å². The average molecular weight is 508 g/mol. The number of anilines is 1. The number of amides is 1. The van der Waals surface area contributed by atoms with Gasteiger partial charge in [0.1, 0.15) is 11.5 Å². The number of aryl methyl sites for hydroxylation is 1. The van der Waals surface area contributed by atoms with Crippen molar-refractivity contribution in [2.24, 2.45) is 0 Å². The van der Waals surface area contributed by atoms with E-state index in [2.05, 4.69) is 9.97 Å². The molecule has 1 aliphatic rings. The lowest BCUT2D eigenvalue weighted by Crippen LogP contribution is -2.30. The number of ether oxygens (including phenoxy) is 1. The fourth-order valence-corrected chi connectivity index (χ4v) is 4.92. The van der Waals surface area contributed by atoms with Crippen LogP contribution in [0.1, 0.15) is 22.7 Å². The molecule has 0 saturated carbocycles. The number of methoxy groups -OCH3 is 1. The van der Waals surface area contributed by atoms with Gasteiger partial charge in [-0.3, -0.25) is 14.5 Å². The Kier molecular flexibility index (Phi) is 5.75. The number of aliphatic hydroxyl groups excluding tert-OH is 1. The zero-order chi connectivity index (χ0) is 24.9. The number of nitrogens with one attached hydrogen (secondary N) is 1. The molecule has 3 aromatic carbocycles. The molecule has 1 fully saturated rings. The molecular weight excluding hydrogens is 489 g/mol. The van der Waals surface area contributed by atoms with Crippen LogP contribution in [-0.4, -0.2) is 33.9 Å². The fourth-order valence-electron chi connectivity index (χ4n) is 4.35. The highest BCUT2D eigenvalue weighted by Gasteiger charge is 2.48. The molecule has 1 unspecified atom stereocenters. The van der Waals surface area contributed by atoms with Gasteiger partial charge in [0.05, 0.1) is 40.3 Å². The molecule has 1 amide bonds. The maximum Gasteiger partial charge on any atom is 0.302 e. The number of hydrogen-bond acceptors (Lipinski definition) is 5. The Balaban J connectivity index is 1.79. The number of H-pyrrole nitrogens is 1. The number of nitrogens with zero attached hydrogens (tertiary/aromatic N) is 2. The molecule has 35 heavy (non-hydrogen) atoms. The Morgan fingerprint density at radius 3 is 2.57 bits per heavy atom. The third-order valence-corrected chi connectivity index (χ3v) is 6.37. The number of aromatic nitrogens is 2. The summed E-state index contributed by atoms with van der Waals surface area (Å²) in [5.74, 6) is -1.83. The summed E-state index contributed by atoms with van der Waals surface area (Å²) in [6.45, 7) is 1.90. The lowest BCUT2D eigenvalue weighted by atomic mass is 9.94. The van der Waals surface area contributed by atoms with Crippen molar-refractivity contribution in [2.75, 3.05) is 12.0 Å². The molecule has 0 radical (unpaired) electrons. The quantitative estimate of drug-likeness (QED) is 0.206. The average Bonchev–Trinajstić information content (AvgIpc) is 3.36. The second-order valence-electron chi connectivity index (χ2n) is 8.13. The van der Waals surface area contributed by atoms with Gasteiger partial charge in [-0.1, -0.05) is 65.2 Å². The minimum Gasteiger partial charge on any atom is -0.507 e. The summed E-state index contributed by atoms with van der Waals surface area (Å²) >= 11 is 12.5. The minimum absolute atomic E-state index is 0.102. The number of ketones is 1. The van der Waals surface area contributed by atoms with Gasteiger partial charge in [0, 0.05) is 5.02 Å². The van der Waals surface area contributed by atoms with Crippen molar-refractivity contribution in [3.63, 3.8) is 0 Å². The number of Topliss-reactive ketones (excluding diaryl/α,β-unsaturated/α-hetero) is 1. The van der Waals surface area contributed by atoms with Gasteiger partial charge in [0.15, 0.2) is 0 Å². The highest BCUT2D eigenvalue weighted by molar-refractivity contribution is 6.51. The molecule has 1 aromatic heterocycles. The standard InChI is InChI=1S/C26H19Cl2N3O4/c1-13-6-5-7-14(10-13)21-20(22(32)16-11-15(27)12-17(28)24(16)35-2)23(33)25(34)31(21)26-29-18-8-3-4-9-19(18)30-26/h3-12,21,32H,1-2H3,(H,29,30)/b22-20+. The Hall–Kier alpha value is -3.81. The van der Waals surface area contributed by atoms with E-state index in [4.69, 9.17) is 27.9 Å². The number of hydrogen-bond donors (Lipinski definition) is 2. The van der Waals surface area contributed by atoms with Crippen LogP contribution in [0.15, 0.2) is 66.2 Å². The Morgan fingerprint density at radius 1 is 1.09 bits per heavy atom. The summed E-state index contributed by atoms with van der Waals surface area (Å²) in [4.78, 5) is 35.7. The van der Waals surface area contributed by atoms with Gasteiger partial charge in [-0.2, -0.15) is 0 Å². The van der Waals surface area contributed by atoms with E-state index >= 15 is 0 Å². The van der Waals surface area contributed by atoms with Crippen LogP contribution < -0.4 is 9.64 Å². The van der Waals surface area contributed by atoms with Gasteiger partial charge in [0.2, 0.25) is 5.95 Å². The number of aromatic amines is 1. The van der Waals surface area contributed by atoms with Crippen molar-refractivity contribution in [1.82, 2.24) is 9.97 Å². The normalized spacial score (nSPS) is 17.4. The first-order valence-electron chi connectivity index (χ1n) is 10.7. The largest absolute Gasteiger partial charge is 0.507 e. The van der Waals surface area contributed by atoms with Crippen LogP contribution in [0.2, 0.25) is 10.0 Å². The third-order valence-electron chi connectivity index (χ3n) is 5.87. The van der Waals surface area contributed by atoms with Crippen LogP contribution in [0, 0.1) is 6.92 Å². The third kappa shape index (κ3) is 3.83. The van der Waals surface area contributed by atoms with E-state index in [9.17, 15) is 14.7 Å². The monoisotopic (exact) mass is 507 g/mol. The molecular formula is C26H19Cl2N3O4. The zero-order valence-corrected chi connectivity index (χ0v) is 20.2. The molecule has 0 spiro atoms. The number of fused-ring (bicyclic) bond motifs is 1. The first-order valence-corrected chi connectivity index (χ1v) is 11.4. The number of imidazole rings is 1. The summed E-state index contributed by atoms with van der Waals surface area (Å²) in [6.07, 6.45) is 0. The molecule has 1 aliphatic heterocycles. The molecule has 5 rings (SSSR count). The van der Waals surface area contributed by atoms with Crippen LogP contribution >= 0.6 is 23.2 Å². The number of halogens is 2. The molecule has 9 heteroatoms. The summed E-state index contributed by atoms with van der Waals surface area (Å²) in [6, 6.07) is 16.6. The van der Waals surface area contributed by atoms with Crippen LogP contribution in [0.4, 0.5) is 5.95 Å². The summed E-state index contributed by atoms with van der Waals surface area (Å²) in [5.41, 5.74) is 2.86. The predicted molar refractivity (Wildman–Crippen MR) is 135 cm³/mol. The summed E-state index contributed by atoms with van der Waals surface area (Å²) in [5, 5.41) is 11.8. The fraction of sp³-hybridized carbons (Fsp3) is 0.115.